The number of benzene rings is 1. The van der Waals surface area contributed by atoms with E-state index in [9.17, 15) is 4.79 Å². The molecule has 1 aromatic heterocycles. The van der Waals surface area contributed by atoms with Gasteiger partial charge in [-0.2, -0.15) is 5.10 Å². The van der Waals surface area contributed by atoms with Crippen molar-refractivity contribution in [2.45, 2.75) is 13.5 Å². The molecule has 6 heteroatoms. The number of aromatic nitrogens is 2. The van der Waals surface area contributed by atoms with Gasteiger partial charge in [0.15, 0.2) is 0 Å². The summed E-state index contributed by atoms with van der Waals surface area (Å²) < 4.78 is 1.23. The molecule has 1 heterocycles. The van der Waals surface area contributed by atoms with Gasteiger partial charge in [0.25, 0.3) is 5.56 Å². The van der Waals surface area contributed by atoms with Crippen LogP contribution in [0.25, 0.3) is 0 Å². The van der Waals surface area contributed by atoms with E-state index in [1.165, 1.54) is 10.9 Å². The van der Waals surface area contributed by atoms with Crippen molar-refractivity contribution in [1.82, 2.24) is 9.78 Å². The van der Waals surface area contributed by atoms with Crippen LogP contribution in [-0.2, 0) is 6.54 Å². The third kappa shape index (κ3) is 2.69. The van der Waals surface area contributed by atoms with Crippen molar-refractivity contribution in [2.24, 2.45) is 0 Å². The second-order valence-corrected chi connectivity index (χ2v) is 5.06. The van der Waals surface area contributed by atoms with Crippen LogP contribution in [0.15, 0.2) is 29.2 Å². The Bertz CT molecular complexity index is 652. The molecule has 0 saturated heterocycles. The van der Waals surface area contributed by atoms with Gasteiger partial charge in [-0.15, -0.1) is 0 Å². The molecule has 0 fully saturated rings. The lowest BCUT2D eigenvalue weighted by Gasteiger charge is -2.08. The fraction of sp³-hybridized carbons (Fsp3) is 0.167. The van der Waals surface area contributed by atoms with E-state index in [4.69, 9.17) is 34.8 Å². The first-order chi connectivity index (χ1) is 8.49. The minimum atomic E-state index is -0.430. The fourth-order valence-electron chi connectivity index (χ4n) is 1.50. The molecule has 0 bridgehead atoms. The average Bonchev–Trinajstić information content (AvgIpc) is 2.33. The number of aryl methyl sites for hydroxylation is 1. The lowest BCUT2D eigenvalue weighted by molar-refractivity contribution is 0.639. The van der Waals surface area contributed by atoms with E-state index in [1.54, 1.807) is 0 Å². The van der Waals surface area contributed by atoms with Crippen molar-refractivity contribution >= 4 is 34.8 Å². The summed E-state index contributed by atoms with van der Waals surface area (Å²) in [5.74, 6) is 0. The maximum atomic E-state index is 11.8. The van der Waals surface area contributed by atoms with Gasteiger partial charge in [0, 0.05) is 5.02 Å². The monoisotopic (exact) mass is 302 g/mol. The highest BCUT2D eigenvalue weighted by molar-refractivity contribution is 6.41. The Morgan fingerprint density at radius 2 is 1.94 bits per heavy atom. The summed E-state index contributed by atoms with van der Waals surface area (Å²) in [4.78, 5) is 11.8. The van der Waals surface area contributed by atoms with Crippen LogP contribution in [0, 0.1) is 6.92 Å². The van der Waals surface area contributed by atoms with E-state index >= 15 is 0 Å². The van der Waals surface area contributed by atoms with Gasteiger partial charge in [0.05, 0.1) is 17.8 Å². The highest BCUT2D eigenvalue weighted by Crippen LogP contribution is 2.19. The predicted molar refractivity (Wildman–Crippen MR) is 73.8 cm³/mol. The highest BCUT2D eigenvalue weighted by Gasteiger charge is 2.09. The molecule has 0 unspecified atom stereocenters. The molecule has 2 aromatic rings. The second-order valence-electron chi connectivity index (χ2n) is 3.86. The zero-order valence-corrected chi connectivity index (χ0v) is 11.7. The van der Waals surface area contributed by atoms with Gasteiger partial charge < -0.3 is 0 Å². The van der Waals surface area contributed by atoms with Crippen molar-refractivity contribution in [2.75, 3.05) is 0 Å². The second kappa shape index (κ2) is 5.31. The maximum absolute atomic E-state index is 11.8. The molecule has 0 N–H and O–H groups in total. The van der Waals surface area contributed by atoms with Crippen molar-refractivity contribution in [1.29, 1.82) is 0 Å². The van der Waals surface area contributed by atoms with Gasteiger partial charge in [-0.05, 0) is 24.1 Å². The topological polar surface area (TPSA) is 34.9 Å². The number of hydrogen-bond donors (Lipinski definition) is 0. The molecule has 0 saturated carbocycles. The Balaban J connectivity index is 2.41. The third-order valence-corrected chi connectivity index (χ3v) is 3.57. The number of rotatable bonds is 2. The van der Waals surface area contributed by atoms with Gasteiger partial charge in [-0.25, -0.2) is 4.68 Å². The van der Waals surface area contributed by atoms with Crippen LogP contribution in [0.2, 0.25) is 15.1 Å². The maximum Gasteiger partial charge on any atom is 0.287 e. The predicted octanol–water partition coefficient (Wildman–Crippen LogP) is 3.56. The average molecular weight is 304 g/mol. The molecule has 2 rings (SSSR count). The minimum absolute atomic E-state index is 0.0325. The molecule has 18 heavy (non-hydrogen) atoms. The number of nitrogens with zero attached hydrogens (tertiary/aromatic N) is 2. The Hall–Kier alpha value is -1.03. The van der Waals surface area contributed by atoms with Gasteiger partial charge in [-0.3, -0.25) is 4.79 Å². The van der Waals surface area contributed by atoms with Crippen LogP contribution in [-0.4, -0.2) is 9.78 Å². The van der Waals surface area contributed by atoms with Crippen LogP contribution in [0.4, 0.5) is 0 Å². The quantitative estimate of drug-likeness (QED) is 0.850. The van der Waals surface area contributed by atoms with Crippen LogP contribution < -0.4 is 5.56 Å². The largest absolute Gasteiger partial charge is 0.287 e. The summed E-state index contributed by atoms with van der Waals surface area (Å²) in [6.07, 6.45) is 1.34. The van der Waals surface area contributed by atoms with Crippen molar-refractivity contribution in [3.63, 3.8) is 0 Å². The zero-order valence-electron chi connectivity index (χ0n) is 9.45. The first-order valence-corrected chi connectivity index (χ1v) is 6.28. The van der Waals surface area contributed by atoms with E-state index in [1.807, 2.05) is 25.1 Å². The smallest absolute Gasteiger partial charge is 0.266 e. The molecule has 0 aliphatic carbocycles. The first-order valence-electron chi connectivity index (χ1n) is 5.15. The number of hydrogen-bond acceptors (Lipinski definition) is 2. The summed E-state index contributed by atoms with van der Waals surface area (Å²) in [5.41, 5.74) is 1.43. The molecule has 0 amide bonds. The van der Waals surface area contributed by atoms with Crippen LogP contribution in [0.3, 0.4) is 0 Å². The molecule has 0 atom stereocenters. The van der Waals surface area contributed by atoms with E-state index in [0.717, 1.165) is 11.1 Å². The summed E-state index contributed by atoms with van der Waals surface area (Å²) >= 11 is 17.6. The molecular weight excluding hydrogens is 295 g/mol. The fourth-order valence-corrected chi connectivity index (χ4v) is 2.07. The van der Waals surface area contributed by atoms with Gasteiger partial charge in [0.1, 0.15) is 5.02 Å². The molecule has 0 radical (unpaired) electrons. The zero-order chi connectivity index (χ0) is 13.3. The van der Waals surface area contributed by atoms with Crippen LogP contribution in [0.5, 0.6) is 0 Å². The summed E-state index contributed by atoms with van der Waals surface area (Å²) in [5, 5.41) is 4.63. The first kappa shape index (κ1) is 13.4. The molecule has 0 aliphatic heterocycles. The highest BCUT2D eigenvalue weighted by atomic mass is 35.5. The number of halogens is 3. The SMILES string of the molecule is Cc1ccc(Cn2ncc(Cl)c(Cl)c2=O)c(Cl)c1. The van der Waals surface area contributed by atoms with E-state index in [-0.39, 0.29) is 16.6 Å². The molecular formula is C12H9Cl3N2O. The Kier molecular flexibility index (Phi) is 3.95. The lowest BCUT2D eigenvalue weighted by atomic mass is 10.1. The van der Waals surface area contributed by atoms with Gasteiger partial charge in [-0.1, -0.05) is 46.9 Å². The summed E-state index contributed by atoms with van der Waals surface area (Å²) in [7, 11) is 0. The molecule has 3 nitrogen and oxygen atoms in total. The Morgan fingerprint density at radius 3 is 2.61 bits per heavy atom. The summed E-state index contributed by atoms with van der Waals surface area (Å²) in [6.45, 7) is 2.20. The third-order valence-electron chi connectivity index (χ3n) is 2.47. The molecule has 0 spiro atoms. The molecule has 0 aliphatic rings. The van der Waals surface area contributed by atoms with Crippen molar-refractivity contribution in [3.8, 4) is 0 Å². The summed E-state index contributed by atoms with van der Waals surface area (Å²) in [6, 6.07) is 5.61. The van der Waals surface area contributed by atoms with Crippen molar-refractivity contribution < 1.29 is 0 Å². The minimum Gasteiger partial charge on any atom is -0.266 e. The van der Waals surface area contributed by atoms with Crippen molar-refractivity contribution in [3.05, 3.63) is 60.9 Å². The lowest BCUT2D eigenvalue weighted by Crippen LogP contribution is -2.23. The van der Waals surface area contributed by atoms with E-state index in [2.05, 4.69) is 5.10 Å². The van der Waals surface area contributed by atoms with Crippen LogP contribution in [0.1, 0.15) is 11.1 Å². The van der Waals surface area contributed by atoms with Crippen LogP contribution >= 0.6 is 34.8 Å². The Morgan fingerprint density at radius 1 is 1.22 bits per heavy atom. The Labute approximate surface area is 119 Å². The van der Waals surface area contributed by atoms with E-state index < -0.39 is 5.56 Å². The molecule has 1 aromatic carbocycles. The van der Waals surface area contributed by atoms with Gasteiger partial charge >= 0.3 is 0 Å². The normalized spacial score (nSPS) is 10.7. The van der Waals surface area contributed by atoms with Gasteiger partial charge in [0.2, 0.25) is 0 Å². The standard InChI is InChI=1S/C12H9Cl3N2O/c1-7-2-3-8(9(13)4-7)6-17-12(18)11(15)10(14)5-16-17/h2-5H,6H2,1H3. The molecule has 94 valence electrons. The van der Waals surface area contributed by atoms with E-state index in [0.29, 0.717) is 5.02 Å².